The van der Waals surface area contributed by atoms with E-state index < -0.39 is 6.23 Å². The summed E-state index contributed by atoms with van der Waals surface area (Å²) in [5.74, 6) is -0.381. The monoisotopic (exact) mass is 321 g/mol. The van der Waals surface area contributed by atoms with Gasteiger partial charge in [-0.15, -0.1) is 0 Å². The van der Waals surface area contributed by atoms with Crippen LogP contribution in [0.25, 0.3) is 5.57 Å². The molecule has 1 unspecified atom stereocenters. The number of anilines is 1. The molecule has 0 bridgehead atoms. The predicted molar refractivity (Wildman–Crippen MR) is 93.8 cm³/mol. The minimum absolute atomic E-state index is 0.174. The molecule has 4 nitrogen and oxygen atoms in total. The zero-order valence-electron chi connectivity index (χ0n) is 13.7. The molecule has 0 saturated heterocycles. The highest BCUT2D eigenvalue weighted by molar-refractivity contribution is 6.16. The second kappa shape index (κ2) is 6.81. The molecule has 2 aromatic carbocycles. The molecule has 0 spiro atoms. The minimum Gasteiger partial charge on any atom is -0.346 e. The summed E-state index contributed by atoms with van der Waals surface area (Å²) in [4.78, 5) is 25.9. The number of hydrogen-bond donors (Lipinski definition) is 0. The van der Waals surface area contributed by atoms with Gasteiger partial charge in [0.2, 0.25) is 17.9 Å². The third-order valence-corrected chi connectivity index (χ3v) is 4.10. The van der Waals surface area contributed by atoms with E-state index in [9.17, 15) is 9.59 Å². The quantitative estimate of drug-likeness (QED) is 0.863. The SMILES string of the molecule is CC(=O)N1c2ccccc2C(=O)C1OC/C=C(\C)c1ccccc1. The maximum atomic E-state index is 12.5. The summed E-state index contributed by atoms with van der Waals surface area (Å²) >= 11 is 0. The highest BCUT2D eigenvalue weighted by Crippen LogP contribution is 2.32. The number of allylic oxidation sites excluding steroid dienone is 1. The summed E-state index contributed by atoms with van der Waals surface area (Å²) in [6, 6.07) is 17.0. The third kappa shape index (κ3) is 3.01. The minimum atomic E-state index is -0.889. The average Bonchev–Trinajstić information content (AvgIpc) is 2.88. The Bertz CT molecular complexity index is 796. The van der Waals surface area contributed by atoms with Crippen LogP contribution in [0.2, 0.25) is 0 Å². The highest BCUT2D eigenvalue weighted by atomic mass is 16.5. The van der Waals surface area contributed by atoms with Crippen LogP contribution in [0, 0.1) is 0 Å². The van der Waals surface area contributed by atoms with Gasteiger partial charge in [0.15, 0.2) is 0 Å². The van der Waals surface area contributed by atoms with Crippen LogP contribution in [-0.2, 0) is 9.53 Å². The van der Waals surface area contributed by atoms with E-state index in [1.807, 2.05) is 49.4 Å². The van der Waals surface area contributed by atoms with Gasteiger partial charge in [0.25, 0.3) is 0 Å². The van der Waals surface area contributed by atoms with Crippen LogP contribution >= 0.6 is 0 Å². The van der Waals surface area contributed by atoms with Crippen molar-refractivity contribution < 1.29 is 14.3 Å². The highest BCUT2D eigenvalue weighted by Gasteiger charge is 2.39. The third-order valence-electron chi connectivity index (χ3n) is 4.10. The number of carbonyl (C=O) groups is 2. The standard InChI is InChI=1S/C20H19NO3/c1-14(16-8-4-3-5-9-16)12-13-24-20-19(23)17-10-6-7-11-18(17)21(20)15(2)22/h3-12,20H,13H2,1-2H3/b14-12+. The Kier molecular flexibility index (Phi) is 4.58. The predicted octanol–water partition coefficient (Wildman–Crippen LogP) is 3.68. The van der Waals surface area contributed by atoms with Crippen molar-refractivity contribution in [1.82, 2.24) is 0 Å². The molecule has 0 aromatic heterocycles. The summed E-state index contributed by atoms with van der Waals surface area (Å²) in [7, 11) is 0. The van der Waals surface area contributed by atoms with E-state index >= 15 is 0 Å². The van der Waals surface area contributed by atoms with Crippen molar-refractivity contribution in [3.63, 3.8) is 0 Å². The number of carbonyl (C=O) groups excluding carboxylic acids is 2. The van der Waals surface area contributed by atoms with E-state index in [0.717, 1.165) is 11.1 Å². The number of para-hydroxylation sites is 1. The van der Waals surface area contributed by atoms with E-state index in [2.05, 4.69) is 0 Å². The van der Waals surface area contributed by atoms with Crippen molar-refractivity contribution in [2.24, 2.45) is 0 Å². The van der Waals surface area contributed by atoms with Gasteiger partial charge in [-0.3, -0.25) is 14.5 Å². The van der Waals surface area contributed by atoms with E-state index in [1.165, 1.54) is 11.8 Å². The molecule has 0 fully saturated rings. The van der Waals surface area contributed by atoms with Gasteiger partial charge in [-0.25, -0.2) is 0 Å². The van der Waals surface area contributed by atoms with Gasteiger partial charge in [-0.05, 0) is 30.2 Å². The molecule has 0 radical (unpaired) electrons. The Labute approximate surface area is 141 Å². The van der Waals surface area contributed by atoms with Gasteiger partial charge >= 0.3 is 0 Å². The van der Waals surface area contributed by atoms with E-state index in [4.69, 9.17) is 4.74 Å². The molecule has 3 rings (SSSR count). The maximum Gasteiger partial charge on any atom is 0.226 e. The first-order valence-corrected chi connectivity index (χ1v) is 7.86. The van der Waals surface area contributed by atoms with Crippen molar-refractivity contribution >= 4 is 23.0 Å². The van der Waals surface area contributed by atoms with E-state index in [0.29, 0.717) is 11.3 Å². The Hall–Kier alpha value is -2.72. The molecule has 2 aromatic rings. The zero-order valence-corrected chi connectivity index (χ0v) is 13.7. The number of ketones is 1. The lowest BCUT2D eigenvalue weighted by atomic mass is 10.1. The molecule has 122 valence electrons. The second-order valence-electron chi connectivity index (χ2n) is 5.71. The summed E-state index contributed by atoms with van der Waals surface area (Å²) in [6.07, 6.45) is 1.03. The van der Waals surface area contributed by atoms with Crippen molar-refractivity contribution in [2.45, 2.75) is 20.1 Å². The number of rotatable bonds is 4. The average molecular weight is 321 g/mol. The molecule has 0 N–H and O–H groups in total. The van der Waals surface area contributed by atoms with Crippen molar-refractivity contribution in [3.8, 4) is 0 Å². The van der Waals surface area contributed by atoms with Crippen LogP contribution in [0.15, 0.2) is 60.7 Å². The fourth-order valence-electron chi connectivity index (χ4n) is 2.84. The molecule has 0 saturated carbocycles. The number of nitrogens with zero attached hydrogens (tertiary/aromatic N) is 1. The summed E-state index contributed by atoms with van der Waals surface area (Å²) < 4.78 is 5.74. The number of amides is 1. The topological polar surface area (TPSA) is 46.6 Å². The maximum absolute atomic E-state index is 12.5. The van der Waals surface area contributed by atoms with Gasteiger partial charge in [0.05, 0.1) is 12.3 Å². The first-order valence-electron chi connectivity index (χ1n) is 7.86. The molecule has 1 amide bonds. The molecule has 4 heteroatoms. The molecule has 1 aliphatic rings. The normalized spacial score (nSPS) is 17.1. The fraction of sp³-hybridized carbons (Fsp3) is 0.200. The van der Waals surface area contributed by atoms with Crippen LogP contribution in [0.4, 0.5) is 5.69 Å². The Morgan fingerprint density at radius 2 is 1.75 bits per heavy atom. The van der Waals surface area contributed by atoms with E-state index in [-0.39, 0.29) is 18.3 Å². The number of hydrogen-bond acceptors (Lipinski definition) is 3. The molecular weight excluding hydrogens is 302 g/mol. The second-order valence-corrected chi connectivity index (χ2v) is 5.71. The largest absolute Gasteiger partial charge is 0.346 e. The molecule has 1 atom stereocenters. The van der Waals surface area contributed by atoms with Crippen molar-refractivity contribution in [3.05, 3.63) is 71.8 Å². The molecule has 1 aliphatic heterocycles. The first kappa shape index (κ1) is 16.1. The lowest BCUT2D eigenvalue weighted by Crippen LogP contribution is -2.40. The molecule has 0 aliphatic carbocycles. The van der Waals surface area contributed by atoms with Crippen LogP contribution in [0.5, 0.6) is 0 Å². The van der Waals surface area contributed by atoms with Crippen molar-refractivity contribution in [2.75, 3.05) is 11.5 Å². The van der Waals surface area contributed by atoms with Gasteiger partial charge in [-0.2, -0.15) is 0 Å². The number of Topliss-reactive ketones (excluding diaryl/α,β-unsaturated/α-hetero) is 1. The fourth-order valence-corrected chi connectivity index (χ4v) is 2.84. The summed E-state index contributed by atoms with van der Waals surface area (Å²) in [5, 5.41) is 0. The number of ether oxygens (including phenoxy) is 1. The smallest absolute Gasteiger partial charge is 0.226 e. The Morgan fingerprint density at radius 1 is 1.08 bits per heavy atom. The van der Waals surface area contributed by atoms with Gasteiger partial charge in [0, 0.05) is 12.5 Å². The number of fused-ring (bicyclic) bond motifs is 1. The summed E-state index contributed by atoms with van der Waals surface area (Å²) in [6.45, 7) is 3.69. The summed E-state index contributed by atoms with van der Waals surface area (Å²) in [5.41, 5.74) is 3.31. The van der Waals surface area contributed by atoms with Gasteiger partial charge in [0.1, 0.15) is 0 Å². The van der Waals surface area contributed by atoms with Crippen LogP contribution < -0.4 is 4.90 Å². The van der Waals surface area contributed by atoms with Crippen LogP contribution in [0.3, 0.4) is 0 Å². The van der Waals surface area contributed by atoms with Crippen LogP contribution in [-0.4, -0.2) is 24.5 Å². The number of benzene rings is 2. The molecule has 24 heavy (non-hydrogen) atoms. The van der Waals surface area contributed by atoms with Crippen molar-refractivity contribution in [1.29, 1.82) is 0 Å². The Morgan fingerprint density at radius 3 is 2.46 bits per heavy atom. The van der Waals surface area contributed by atoms with Crippen LogP contribution in [0.1, 0.15) is 29.8 Å². The first-order chi connectivity index (χ1) is 11.6. The lowest BCUT2D eigenvalue weighted by molar-refractivity contribution is -0.118. The van der Waals surface area contributed by atoms with E-state index in [1.54, 1.807) is 18.2 Å². The molecule has 1 heterocycles. The van der Waals surface area contributed by atoms with Gasteiger partial charge < -0.3 is 4.74 Å². The lowest BCUT2D eigenvalue weighted by Gasteiger charge is -2.22. The molecular formula is C20H19NO3. The van der Waals surface area contributed by atoms with Gasteiger partial charge in [-0.1, -0.05) is 48.5 Å². The zero-order chi connectivity index (χ0) is 17.1. The Balaban J connectivity index is 1.76.